The zero-order valence-electron chi connectivity index (χ0n) is 21.6. The van der Waals surface area contributed by atoms with Crippen LogP contribution >= 0.6 is 0 Å². The largest absolute Gasteiger partial charge is 0.462 e. The Labute approximate surface area is 220 Å². The maximum Gasteiger partial charge on any atom is 0.338 e. The van der Waals surface area contributed by atoms with Crippen molar-refractivity contribution in [3.8, 4) is 16.9 Å². The third-order valence-corrected chi connectivity index (χ3v) is 4.99. The van der Waals surface area contributed by atoms with Crippen LogP contribution in [0.1, 0.15) is 36.7 Å². The minimum atomic E-state index is -0.762. The van der Waals surface area contributed by atoms with E-state index in [-0.39, 0.29) is 54.3 Å². The number of carbonyl (C=O) groups excluding carboxylic acids is 4. The van der Waals surface area contributed by atoms with Gasteiger partial charge in [0.25, 0.3) is 0 Å². The van der Waals surface area contributed by atoms with E-state index in [4.69, 9.17) is 18.9 Å². The molecule has 2 rings (SSSR count). The van der Waals surface area contributed by atoms with Gasteiger partial charge in [-0.2, -0.15) is 0 Å². The molecule has 0 N–H and O–H groups in total. The van der Waals surface area contributed by atoms with Crippen molar-refractivity contribution in [2.45, 2.75) is 27.2 Å². The van der Waals surface area contributed by atoms with Crippen LogP contribution in [0.5, 0.6) is 5.75 Å². The van der Waals surface area contributed by atoms with Crippen LogP contribution in [-0.4, -0.2) is 43.7 Å². The molecule has 38 heavy (non-hydrogen) atoms. The normalized spacial score (nSPS) is 10.2. The molecule has 0 spiro atoms. The lowest BCUT2D eigenvalue weighted by Crippen LogP contribution is -2.16. The van der Waals surface area contributed by atoms with E-state index in [0.29, 0.717) is 16.7 Å². The van der Waals surface area contributed by atoms with E-state index in [9.17, 15) is 23.6 Å². The van der Waals surface area contributed by atoms with E-state index in [0.717, 1.165) is 0 Å². The number of ether oxygens (including phenoxy) is 4. The van der Waals surface area contributed by atoms with Gasteiger partial charge in [0.05, 0.1) is 12.2 Å². The van der Waals surface area contributed by atoms with Crippen molar-refractivity contribution in [1.29, 1.82) is 0 Å². The average molecular weight is 525 g/mol. The fourth-order valence-corrected chi connectivity index (χ4v) is 2.98. The molecule has 0 aliphatic heterocycles. The summed E-state index contributed by atoms with van der Waals surface area (Å²) < 4.78 is 34.9. The molecule has 0 aliphatic rings. The second-order valence-electron chi connectivity index (χ2n) is 8.41. The van der Waals surface area contributed by atoms with Crippen LogP contribution in [0.2, 0.25) is 0 Å². The quantitative estimate of drug-likeness (QED) is 0.127. The lowest BCUT2D eigenvalue weighted by molar-refractivity contribution is -0.140. The predicted octanol–water partition coefficient (Wildman–Crippen LogP) is 4.91. The molecule has 8 nitrogen and oxygen atoms in total. The van der Waals surface area contributed by atoms with E-state index < -0.39 is 29.7 Å². The topological polar surface area (TPSA) is 105 Å². The summed E-state index contributed by atoms with van der Waals surface area (Å²) in [6.07, 6.45) is 0.152. The van der Waals surface area contributed by atoms with Crippen molar-refractivity contribution in [3.05, 3.63) is 89.8 Å². The Kier molecular flexibility index (Phi) is 10.7. The lowest BCUT2D eigenvalue weighted by atomic mass is 9.97. The number of halogens is 1. The number of hydrogen-bond acceptors (Lipinski definition) is 8. The van der Waals surface area contributed by atoms with Gasteiger partial charge in [0.2, 0.25) is 0 Å². The first-order valence-electron chi connectivity index (χ1n) is 11.5. The highest BCUT2D eigenvalue weighted by molar-refractivity contribution is 5.92. The molecular formula is C29H29FO8. The molecule has 0 radical (unpaired) electrons. The average Bonchev–Trinajstić information content (AvgIpc) is 2.86. The Morgan fingerprint density at radius 1 is 0.711 bits per heavy atom. The van der Waals surface area contributed by atoms with Crippen LogP contribution in [-0.2, 0) is 35.0 Å². The molecule has 0 bridgehead atoms. The fourth-order valence-electron chi connectivity index (χ4n) is 2.98. The number of hydrogen-bond donors (Lipinski definition) is 0. The monoisotopic (exact) mass is 524 g/mol. The lowest BCUT2D eigenvalue weighted by Gasteiger charge is -2.13. The Bertz CT molecular complexity index is 1290. The highest BCUT2D eigenvalue weighted by atomic mass is 19.1. The molecule has 9 heteroatoms. The van der Waals surface area contributed by atoms with Crippen LogP contribution in [0.25, 0.3) is 11.1 Å². The van der Waals surface area contributed by atoms with Crippen molar-refractivity contribution in [1.82, 2.24) is 0 Å². The van der Waals surface area contributed by atoms with Crippen LogP contribution in [0.4, 0.5) is 4.39 Å². The molecule has 2 aromatic carbocycles. The third kappa shape index (κ3) is 8.55. The Morgan fingerprint density at radius 2 is 1.24 bits per heavy atom. The molecule has 0 heterocycles. The van der Waals surface area contributed by atoms with Gasteiger partial charge in [-0.05, 0) is 55.7 Å². The summed E-state index contributed by atoms with van der Waals surface area (Å²) in [4.78, 5) is 47.7. The molecule has 2 aromatic rings. The van der Waals surface area contributed by atoms with Crippen LogP contribution in [0.15, 0.2) is 72.9 Å². The first-order chi connectivity index (χ1) is 17.9. The zero-order chi connectivity index (χ0) is 28.4. The number of carbonyl (C=O) groups is 4. The van der Waals surface area contributed by atoms with E-state index in [2.05, 4.69) is 19.7 Å². The van der Waals surface area contributed by atoms with Crippen molar-refractivity contribution in [2.24, 2.45) is 0 Å². The molecule has 0 saturated carbocycles. The highest BCUT2D eigenvalue weighted by Crippen LogP contribution is 2.28. The van der Waals surface area contributed by atoms with Gasteiger partial charge in [0, 0.05) is 23.1 Å². The summed E-state index contributed by atoms with van der Waals surface area (Å²) in [6, 6.07) is 8.79. The van der Waals surface area contributed by atoms with Gasteiger partial charge in [-0.1, -0.05) is 37.9 Å². The summed E-state index contributed by atoms with van der Waals surface area (Å²) >= 11 is 0. The van der Waals surface area contributed by atoms with E-state index >= 15 is 0 Å². The van der Waals surface area contributed by atoms with Crippen molar-refractivity contribution in [3.63, 3.8) is 0 Å². The molecule has 0 aliphatic carbocycles. The minimum Gasteiger partial charge on any atom is -0.462 e. The fraction of sp³-hybridized carbons (Fsp3) is 0.241. The predicted molar refractivity (Wildman–Crippen MR) is 138 cm³/mol. The summed E-state index contributed by atoms with van der Waals surface area (Å²) in [5.74, 6) is -3.62. The van der Waals surface area contributed by atoms with Crippen LogP contribution in [0, 0.1) is 5.82 Å². The smallest absolute Gasteiger partial charge is 0.338 e. The molecule has 200 valence electrons. The summed E-state index contributed by atoms with van der Waals surface area (Å²) in [7, 11) is 0. The Balaban J connectivity index is 2.26. The van der Waals surface area contributed by atoms with Crippen LogP contribution < -0.4 is 4.74 Å². The van der Waals surface area contributed by atoms with Gasteiger partial charge in [0.15, 0.2) is 11.6 Å². The van der Waals surface area contributed by atoms with Gasteiger partial charge < -0.3 is 18.9 Å². The minimum absolute atomic E-state index is 0.0458. The first-order valence-corrected chi connectivity index (χ1v) is 11.5. The maximum absolute atomic E-state index is 14.6. The maximum atomic E-state index is 14.6. The first kappa shape index (κ1) is 29.7. The van der Waals surface area contributed by atoms with E-state index in [1.165, 1.54) is 39.0 Å². The van der Waals surface area contributed by atoms with Gasteiger partial charge in [-0.3, -0.25) is 0 Å². The second kappa shape index (κ2) is 13.7. The van der Waals surface area contributed by atoms with E-state index in [1.54, 1.807) is 18.2 Å². The van der Waals surface area contributed by atoms with Gasteiger partial charge in [-0.25, -0.2) is 23.6 Å². The van der Waals surface area contributed by atoms with Crippen molar-refractivity contribution in [2.75, 3.05) is 19.8 Å². The third-order valence-electron chi connectivity index (χ3n) is 4.99. The summed E-state index contributed by atoms with van der Waals surface area (Å²) in [6.45, 7) is 14.5. The number of benzene rings is 2. The molecule has 0 aromatic heterocycles. The summed E-state index contributed by atoms with van der Waals surface area (Å²) in [5, 5.41) is 0. The van der Waals surface area contributed by atoms with Gasteiger partial charge >= 0.3 is 23.9 Å². The van der Waals surface area contributed by atoms with E-state index in [1.807, 2.05) is 0 Å². The summed E-state index contributed by atoms with van der Waals surface area (Å²) in [5.41, 5.74) is 2.24. The molecule has 0 atom stereocenters. The number of esters is 4. The molecule has 0 amide bonds. The molecular weight excluding hydrogens is 495 g/mol. The second-order valence-corrected chi connectivity index (χ2v) is 8.41. The molecule has 0 unspecified atom stereocenters. The molecule has 0 saturated heterocycles. The highest BCUT2D eigenvalue weighted by Gasteiger charge is 2.17. The molecule has 0 fully saturated rings. The Morgan fingerprint density at radius 3 is 1.82 bits per heavy atom. The zero-order valence-corrected chi connectivity index (χ0v) is 21.6. The Hall–Kier alpha value is -4.53. The number of rotatable bonds is 12. The van der Waals surface area contributed by atoms with Crippen molar-refractivity contribution >= 4 is 23.9 Å². The van der Waals surface area contributed by atoms with Gasteiger partial charge in [0.1, 0.15) is 13.2 Å². The van der Waals surface area contributed by atoms with Gasteiger partial charge in [-0.15, -0.1) is 0 Å². The standard InChI is InChI=1S/C29H29FO8/c1-17(2)26(31)35-12-11-22-15-20(21-8-10-25(24(30)16-21)38-28(33)19(5)6)7-9-23(22)29(34)37-14-13-36-27(32)18(3)4/h7-10,15-16H,1,3,5,11-14H2,2,4,6H3. The SMILES string of the molecule is C=C(C)C(=O)OCCOC(=O)c1ccc(-c2ccc(OC(=O)C(=C)C)c(F)c2)cc1CCOC(=O)C(=C)C. The van der Waals surface area contributed by atoms with Crippen LogP contribution in [0.3, 0.4) is 0 Å². The van der Waals surface area contributed by atoms with Crippen molar-refractivity contribution < 1.29 is 42.5 Å².